The Morgan fingerprint density at radius 2 is 1.79 bits per heavy atom. The molecule has 3 rings (SSSR count). The van der Waals surface area contributed by atoms with E-state index < -0.39 is 9.84 Å². The van der Waals surface area contributed by atoms with Gasteiger partial charge in [0.2, 0.25) is 0 Å². The monoisotopic (exact) mass is 350 g/mol. The molecule has 1 saturated heterocycles. The van der Waals surface area contributed by atoms with Gasteiger partial charge in [-0.15, -0.1) is 0 Å². The number of rotatable bonds is 6. The second-order valence-electron chi connectivity index (χ2n) is 6.45. The van der Waals surface area contributed by atoms with Crippen molar-refractivity contribution in [1.82, 2.24) is 9.80 Å². The number of carbonyl (C=O) groups excluding carboxylic acids is 2. The van der Waals surface area contributed by atoms with Crippen molar-refractivity contribution in [3.8, 4) is 0 Å². The minimum absolute atomic E-state index is 0.111. The maximum atomic E-state index is 12.5. The molecule has 1 aromatic rings. The van der Waals surface area contributed by atoms with Crippen LogP contribution in [-0.4, -0.2) is 60.8 Å². The Labute approximate surface area is 142 Å². The number of hydrogen-bond donors (Lipinski definition) is 0. The van der Waals surface area contributed by atoms with Crippen LogP contribution in [0.1, 0.15) is 46.9 Å². The third kappa shape index (κ3) is 3.23. The van der Waals surface area contributed by atoms with E-state index in [1.54, 1.807) is 24.3 Å². The van der Waals surface area contributed by atoms with Gasteiger partial charge in [0.1, 0.15) is 0 Å². The first-order chi connectivity index (χ1) is 11.4. The molecule has 0 bridgehead atoms. The van der Waals surface area contributed by atoms with Gasteiger partial charge in [0.05, 0.1) is 29.3 Å². The number of amides is 2. The lowest BCUT2D eigenvalue weighted by Crippen LogP contribution is -2.46. The van der Waals surface area contributed by atoms with E-state index in [4.69, 9.17) is 0 Å². The highest BCUT2D eigenvalue weighted by molar-refractivity contribution is 7.91. The summed E-state index contributed by atoms with van der Waals surface area (Å²) in [6.07, 6.45) is 2.44. The molecule has 7 heteroatoms. The van der Waals surface area contributed by atoms with Crippen molar-refractivity contribution in [2.24, 2.45) is 0 Å². The molecule has 0 spiro atoms. The van der Waals surface area contributed by atoms with Crippen LogP contribution < -0.4 is 0 Å². The molecule has 6 nitrogen and oxygen atoms in total. The highest BCUT2D eigenvalue weighted by atomic mass is 32.2. The van der Waals surface area contributed by atoms with Crippen LogP contribution in [0.2, 0.25) is 0 Å². The molecule has 2 aliphatic rings. The van der Waals surface area contributed by atoms with Crippen LogP contribution >= 0.6 is 0 Å². The predicted molar refractivity (Wildman–Crippen MR) is 90.5 cm³/mol. The Hall–Kier alpha value is -1.73. The fourth-order valence-corrected chi connectivity index (χ4v) is 5.10. The maximum absolute atomic E-state index is 12.5. The topological polar surface area (TPSA) is 74.8 Å². The Kier molecular flexibility index (Phi) is 4.73. The van der Waals surface area contributed by atoms with E-state index in [9.17, 15) is 18.0 Å². The van der Waals surface area contributed by atoms with Crippen molar-refractivity contribution in [3.63, 3.8) is 0 Å². The fourth-order valence-electron chi connectivity index (χ4n) is 3.34. The summed E-state index contributed by atoms with van der Waals surface area (Å²) in [5.41, 5.74) is 0.856. The molecule has 0 aliphatic carbocycles. The SMILES string of the molecule is CCCCN(CN1C(=O)c2ccccc2C1=O)[C@H]1CCS(=O)(=O)C1. The zero-order valence-corrected chi connectivity index (χ0v) is 14.6. The summed E-state index contributed by atoms with van der Waals surface area (Å²) in [5.74, 6) is -0.293. The van der Waals surface area contributed by atoms with Gasteiger partial charge in [-0.05, 0) is 25.0 Å². The largest absolute Gasteiger partial charge is 0.281 e. The average molecular weight is 350 g/mol. The highest BCUT2D eigenvalue weighted by Gasteiger charge is 2.39. The first-order valence-corrected chi connectivity index (χ1v) is 10.1. The smallest absolute Gasteiger partial charge is 0.262 e. The van der Waals surface area contributed by atoms with Gasteiger partial charge in [0, 0.05) is 12.6 Å². The van der Waals surface area contributed by atoms with Gasteiger partial charge in [-0.3, -0.25) is 19.4 Å². The molecular weight excluding hydrogens is 328 g/mol. The van der Waals surface area contributed by atoms with Gasteiger partial charge in [-0.25, -0.2) is 8.42 Å². The third-order valence-electron chi connectivity index (χ3n) is 4.72. The molecule has 2 aliphatic heterocycles. The number of imide groups is 1. The summed E-state index contributed by atoms with van der Waals surface area (Å²) in [4.78, 5) is 28.3. The lowest BCUT2D eigenvalue weighted by molar-refractivity contribution is 0.0495. The Morgan fingerprint density at radius 3 is 2.29 bits per heavy atom. The van der Waals surface area contributed by atoms with Crippen molar-refractivity contribution >= 4 is 21.7 Å². The number of benzene rings is 1. The molecule has 1 fully saturated rings. The van der Waals surface area contributed by atoms with E-state index in [-0.39, 0.29) is 36.0 Å². The number of carbonyl (C=O) groups is 2. The van der Waals surface area contributed by atoms with Crippen molar-refractivity contribution in [3.05, 3.63) is 35.4 Å². The summed E-state index contributed by atoms with van der Waals surface area (Å²) in [7, 11) is -3.01. The molecule has 0 radical (unpaired) electrons. The van der Waals surface area contributed by atoms with Gasteiger partial charge < -0.3 is 0 Å². The average Bonchev–Trinajstić information content (AvgIpc) is 3.04. The number of hydrogen-bond acceptors (Lipinski definition) is 5. The summed E-state index contributed by atoms with van der Waals surface area (Å²) >= 11 is 0. The third-order valence-corrected chi connectivity index (χ3v) is 6.48. The van der Waals surface area contributed by atoms with E-state index in [1.807, 2.05) is 4.90 Å². The zero-order valence-electron chi connectivity index (χ0n) is 13.8. The molecule has 1 aromatic carbocycles. The van der Waals surface area contributed by atoms with Crippen LogP contribution in [0.3, 0.4) is 0 Å². The lowest BCUT2D eigenvalue weighted by atomic mass is 10.1. The summed E-state index contributed by atoms with van der Waals surface area (Å²) in [5, 5.41) is 0. The molecule has 0 N–H and O–H groups in total. The van der Waals surface area contributed by atoms with Gasteiger partial charge >= 0.3 is 0 Å². The summed E-state index contributed by atoms with van der Waals surface area (Å²) in [6, 6.07) is 6.68. The molecule has 0 aromatic heterocycles. The van der Waals surface area contributed by atoms with Crippen LogP contribution in [0.4, 0.5) is 0 Å². The first kappa shape index (κ1) is 17.1. The quantitative estimate of drug-likeness (QED) is 0.728. The van der Waals surface area contributed by atoms with Gasteiger partial charge in [0.15, 0.2) is 9.84 Å². The molecule has 24 heavy (non-hydrogen) atoms. The zero-order chi connectivity index (χ0) is 17.3. The molecule has 1 atom stereocenters. The van der Waals surface area contributed by atoms with Crippen LogP contribution in [0, 0.1) is 0 Å². The normalized spacial score (nSPS) is 22.4. The maximum Gasteiger partial charge on any atom is 0.262 e. The molecule has 0 saturated carbocycles. The van der Waals surface area contributed by atoms with Crippen molar-refractivity contribution < 1.29 is 18.0 Å². The minimum atomic E-state index is -3.01. The summed E-state index contributed by atoms with van der Waals surface area (Å²) < 4.78 is 23.6. The van der Waals surface area contributed by atoms with Gasteiger partial charge in [-0.1, -0.05) is 25.5 Å². The molecule has 130 valence electrons. The number of sulfone groups is 1. The Balaban J connectivity index is 1.78. The molecular formula is C17H22N2O4S. The van der Waals surface area contributed by atoms with Crippen molar-refractivity contribution in [2.75, 3.05) is 24.7 Å². The molecule has 2 amide bonds. The fraction of sp³-hybridized carbons (Fsp3) is 0.529. The van der Waals surface area contributed by atoms with E-state index in [0.29, 0.717) is 24.1 Å². The van der Waals surface area contributed by atoms with Crippen molar-refractivity contribution in [2.45, 2.75) is 32.2 Å². The molecule has 0 unspecified atom stereocenters. The second kappa shape index (κ2) is 6.64. The second-order valence-corrected chi connectivity index (χ2v) is 8.68. The predicted octanol–water partition coefficient (Wildman–Crippen LogP) is 1.53. The molecule has 2 heterocycles. The van der Waals surface area contributed by atoms with Crippen LogP contribution in [0.25, 0.3) is 0 Å². The Morgan fingerprint density at radius 1 is 1.17 bits per heavy atom. The minimum Gasteiger partial charge on any atom is -0.281 e. The van der Waals surface area contributed by atoms with Crippen LogP contribution in [0.15, 0.2) is 24.3 Å². The number of fused-ring (bicyclic) bond motifs is 1. The van der Waals surface area contributed by atoms with Crippen LogP contribution in [0.5, 0.6) is 0 Å². The highest BCUT2D eigenvalue weighted by Crippen LogP contribution is 2.25. The lowest BCUT2D eigenvalue weighted by Gasteiger charge is -2.31. The number of nitrogens with zero attached hydrogens (tertiary/aromatic N) is 2. The van der Waals surface area contributed by atoms with E-state index >= 15 is 0 Å². The van der Waals surface area contributed by atoms with Crippen LogP contribution in [-0.2, 0) is 9.84 Å². The van der Waals surface area contributed by atoms with Crippen molar-refractivity contribution in [1.29, 1.82) is 0 Å². The van der Waals surface area contributed by atoms with Gasteiger partial charge in [-0.2, -0.15) is 0 Å². The van der Waals surface area contributed by atoms with E-state index in [2.05, 4.69) is 6.92 Å². The standard InChI is InChI=1S/C17H22N2O4S/c1-2-3-9-18(13-8-10-24(22,23)11-13)12-19-16(20)14-6-4-5-7-15(14)17(19)21/h4-7,13H,2-3,8-12H2,1H3/t13-/m0/s1. The Bertz CT molecular complexity index is 725. The summed E-state index contributed by atoms with van der Waals surface area (Å²) in [6.45, 7) is 2.90. The van der Waals surface area contributed by atoms with E-state index in [1.165, 1.54) is 4.90 Å². The van der Waals surface area contributed by atoms with E-state index in [0.717, 1.165) is 12.8 Å². The number of unbranched alkanes of at least 4 members (excludes halogenated alkanes) is 1. The van der Waals surface area contributed by atoms with Gasteiger partial charge in [0.25, 0.3) is 11.8 Å². The first-order valence-electron chi connectivity index (χ1n) is 8.32.